The molecule has 0 spiro atoms. The topological polar surface area (TPSA) is 49.6 Å². The molecule has 4 heteroatoms. The van der Waals surface area contributed by atoms with Gasteiger partial charge in [-0.2, -0.15) is 5.26 Å². The number of hydrogen-bond acceptors (Lipinski definition) is 4. The largest absolute Gasteiger partial charge is 0.260 e. The highest BCUT2D eigenvalue weighted by atomic mass is 32.2. The zero-order valence-corrected chi connectivity index (χ0v) is 8.61. The molecule has 0 amide bonds. The van der Waals surface area contributed by atoms with Gasteiger partial charge in [-0.05, 0) is 12.1 Å². The van der Waals surface area contributed by atoms with Crippen molar-refractivity contribution in [3.8, 4) is 6.07 Å². The fourth-order valence-electron chi connectivity index (χ4n) is 1.10. The van der Waals surface area contributed by atoms with E-state index in [-0.39, 0.29) is 0 Å². The maximum absolute atomic E-state index is 8.90. The van der Waals surface area contributed by atoms with Crippen LogP contribution >= 0.6 is 11.8 Å². The average molecular weight is 213 g/mol. The molecule has 0 aliphatic carbocycles. The van der Waals surface area contributed by atoms with E-state index >= 15 is 0 Å². The first-order valence-electron chi connectivity index (χ1n) is 4.33. The molecule has 0 saturated heterocycles. The molecule has 0 unspecified atom stereocenters. The van der Waals surface area contributed by atoms with Gasteiger partial charge in [0.2, 0.25) is 0 Å². The van der Waals surface area contributed by atoms with Gasteiger partial charge in [0.25, 0.3) is 0 Å². The molecule has 1 aromatic carbocycles. The summed E-state index contributed by atoms with van der Waals surface area (Å²) in [6.07, 6.45) is 4.94. The van der Waals surface area contributed by atoms with E-state index in [1.54, 1.807) is 24.7 Å². The van der Waals surface area contributed by atoms with Crippen molar-refractivity contribution < 1.29 is 0 Å². The summed E-state index contributed by atoms with van der Waals surface area (Å²) < 4.78 is 0. The van der Waals surface area contributed by atoms with Crippen molar-refractivity contribution in [2.75, 3.05) is 0 Å². The van der Waals surface area contributed by atoms with Crippen LogP contribution in [0.3, 0.4) is 0 Å². The Morgan fingerprint density at radius 2 is 2.07 bits per heavy atom. The lowest BCUT2D eigenvalue weighted by atomic mass is 10.2. The molecule has 0 radical (unpaired) electrons. The normalized spacial score (nSPS) is 9.53. The van der Waals surface area contributed by atoms with Crippen LogP contribution in [-0.2, 0) is 0 Å². The number of nitrogens with zero attached hydrogens (tertiary/aromatic N) is 3. The first kappa shape index (κ1) is 9.69. The Labute approximate surface area is 91.8 Å². The van der Waals surface area contributed by atoms with Crippen molar-refractivity contribution in [1.82, 2.24) is 9.97 Å². The number of benzene rings is 1. The molecule has 2 rings (SSSR count). The molecule has 0 bridgehead atoms. The summed E-state index contributed by atoms with van der Waals surface area (Å²) in [5.41, 5.74) is 0.660. The van der Waals surface area contributed by atoms with Gasteiger partial charge in [0, 0.05) is 17.3 Å². The fraction of sp³-hybridized carbons (Fsp3) is 0. The van der Waals surface area contributed by atoms with Crippen LogP contribution < -0.4 is 0 Å². The first-order valence-corrected chi connectivity index (χ1v) is 5.15. The van der Waals surface area contributed by atoms with E-state index in [1.807, 2.05) is 18.2 Å². The summed E-state index contributed by atoms with van der Waals surface area (Å²) in [5.74, 6) is 0. The lowest BCUT2D eigenvalue weighted by Crippen LogP contribution is -1.83. The number of hydrogen-bond donors (Lipinski definition) is 0. The Morgan fingerprint density at radius 3 is 2.80 bits per heavy atom. The van der Waals surface area contributed by atoms with Crippen molar-refractivity contribution in [3.63, 3.8) is 0 Å². The van der Waals surface area contributed by atoms with Gasteiger partial charge in [0.1, 0.15) is 11.1 Å². The molecule has 2 aromatic rings. The molecule has 1 aromatic heterocycles. The SMILES string of the molecule is N#Cc1ccccc1Sc1cnccn1. The molecule has 0 fully saturated rings. The zero-order chi connectivity index (χ0) is 10.5. The summed E-state index contributed by atoms with van der Waals surface area (Å²) in [6, 6.07) is 9.59. The van der Waals surface area contributed by atoms with E-state index in [2.05, 4.69) is 16.0 Å². The number of nitriles is 1. The summed E-state index contributed by atoms with van der Waals surface area (Å²) >= 11 is 1.44. The van der Waals surface area contributed by atoms with Crippen molar-refractivity contribution in [2.45, 2.75) is 9.92 Å². The van der Waals surface area contributed by atoms with E-state index in [1.165, 1.54) is 11.8 Å². The van der Waals surface area contributed by atoms with Gasteiger partial charge in [-0.1, -0.05) is 23.9 Å². The molecule has 0 aliphatic rings. The minimum Gasteiger partial charge on any atom is -0.260 e. The van der Waals surface area contributed by atoms with E-state index in [0.29, 0.717) is 5.56 Å². The van der Waals surface area contributed by atoms with Crippen molar-refractivity contribution in [3.05, 3.63) is 48.4 Å². The van der Waals surface area contributed by atoms with Crippen LogP contribution in [0.5, 0.6) is 0 Å². The minimum absolute atomic E-state index is 0.660. The highest BCUT2D eigenvalue weighted by Gasteiger charge is 2.03. The van der Waals surface area contributed by atoms with Gasteiger partial charge >= 0.3 is 0 Å². The van der Waals surface area contributed by atoms with Crippen LogP contribution in [0.2, 0.25) is 0 Å². The third kappa shape index (κ3) is 2.33. The minimum atomic E-state index is 0.660. The Morgan fingerprint density at radius 1 is 1.20 bits per heavy atom. The van der Waals surface area contributed by atoms with Crippen molar-refractivity contribution >= 4 is 11.8 Å². The Bertz CT molecular complexity index is 491. The summed E-state index contributed by atoms with van der Waals surface area (Å²) in [6.45, 7) is 0. The van der Waals surface area contributed by atoms with E-state index in [9.17, 15) is 0 Å². The zero-order valence-electron chi connectivity index (χ0n) is 7.79. The molecule has 72 valence electrons. The molecule has 0 atom stereocenters. The highest BCUT2D eigenvalue weighted by molar-refractivity contribution is 7.99. The third-order valence-corrected chi connectivity index (χ3v) is 2.76. The van der Waals surface area contributed by atoms with Gasteiger partial charge < -0.3 is 0 Å². The summed E-state index contributed by atoms with van der Waals surface area (Å²) in [5, 5.41) is 9.69. The molecule has 0 N–H and O–H groups in total. The Kier molecular flexibility index (Phi) is 2.96. The molecule has 0 saturated carbocycles. The maximum Gasteiger partial charge on any atom is 0.119 e. The summed E-state index contributed by atoms with van der Waals surface area (Å²) in [7, 11) is 0. The van der Waals surface area contributed by atoms with Crippen LogP contribution in [0.4, 0.5) is 0 Å². The smallest absolute Gasteiger partial charge is 0.119 e. The van der Waals surface area contributed by atoms with Crippen LogP contribution in [0.25, 0.3) is 0 Å². The van der Waals surface area contributed by atoms with Crippen molar-refractivity contribution in [1.29, 1.82) is 5.26 Å². The second-order valence-corrected chi connectivity index (χ2v) is 3.82. The fourth-order valence-corrected chi connectivity index (χ4v) is 1.92. The van der Waals surface area contributed by atoms with Crippen LogP contribution in [0.1, 0.15) is 5.56 Å². The van der Waals surface area contributed by atoms with Gasteiger partial charge in [-0.3, -0.25) is 4.98 Å². The number of rotatable bonds is 2. The van der Waals surface area contributed by atoms with Gasteiger partial charge in [-0.15, -0.1) is 0 Å². The van der Waals surface area contributed by atoms with E-state index in [4.69, 9.17) is 5.26 Å². The second-order valence-electron chi connectivity index (χ2n) is 2.75. The average Bonchev–Trinajstić information content (AvgIpc) is 2.31. The van der Waals surface area contributed by atoms with Crippen molar-refractivity contribution in [2.24, 2.45) is 0 Å². The monoisotopic (exact) mass is 213 g/mol. The van der Waals surface area contributed by atoms with Crippen LogP contribution in [0, 0.1) is 11.3 Å². The molecular formula is C11H7N3S. The van der Waals surface area contributed by atoms with Gasteiger partial charge in [-0.25, -0.2) is 4.98 Å². The standard InChI is InChI=1S/C11H7N3S/c12-7-9-3-1-2-4-10(9)15-11-8-13-5-6-14-11/h1-6,8H. The first-order chi connectivity index (χ1) is 7.40. The predicted octanol–water partition coefficient (Wildman–Crippen LogP) is 2.50. The predicted molar refractivity (Wildman–Crippen MR) is 57.3 cm³/mol. The quantitative estimate of drug-likeness (QED) is 0.769. The molecule has 0 aliphatic heterocycles. The van der Waals surface area contributed by atoms with Crippen LogP contribution in [0.15, 0.2) is 52.8 Å². The Hall–Kier alpha value is -1.86. The van der Waals surface area contributed by atoms with E-state index in [0.717, 1.165) is 9.92 Å². The second kappa shape index (κ2) is 4.58. The molecule has 15 heavy (non-hydrogen) atoms. The Balaban J connectivity index is 2.29. The highest BCUT2D eigenvalue weighted by Crippen LogP contribution is 2.27. The lowest BCUT2D eigenvalue weighted by molar-refractivity contribution is 1.05. The maximum atomic E-state index is 8.90. The van der Waals surface area contributed by atoms with Gasteiger partial charge in [0.15, 0.2) is 0 Å². The molecular weight excluding hydrogens is 206 g/mol. The third-order valence-electron chi connectivity index (χ3n) is 1.76. The molecule has 3 nitrogen and oxygen atoms in total. The number of aromatic nitrogens is 2. The molecule has 1 heterocycles. The summed E-state index contributed by atoms with van der Waals surface area (Å²) in [4.78, 5) is 9.01. The van der Waals surface area contributed by atoms with E-state index < -0.39 is 0 Å². The van der Waals surface area contributed by atoms with Gasteiger partial charge in [0.05, 0.1) is 11.8 Å². The van der Waals surface area contributed by atoms with Crippen LogP contribution in [-0.4, -0.2) is 9.97 Å². The lowest BCUT2D eigenvalue weighted by Gasteiger charge is -2.01.